The lowest BCUT2D eigenvalue weighted by Gasteiger charge is -2.30. The van der Waals surface area contributed by atoms with Crippen LogP contribution >= 0.6 is 11.6 Å². The van der Waals surface area contributed by atoms with Crippen LogP contribution in [0, 0.1) is 5.92 Å². The number of carbonyl (C=O) groups excluding carboxylic acids is 2. The second kappa shape index (κ2) is 9.78. The number of nitrogens with zero attached hydrogens (tertiary/aromatic N) is 1. The second-order valence-corrected chi connectivity index (χ2v) is 10.0. The number of hydrogen-bond acceptors (Lipinski definition) is 5. The number of furan rings is 1. The van der Waals surface area contributed by atoms with Crippen molar-refractivity contribution in [3.8, 4) is 0 Å². The zero-order valence-corrected chi connectivity index (χ0v) is 19.1. The Hall–Kier alpha value is -3.14. The van der Waals surface area contributed by atoms with Gasteiger partial charge < -0.3 is 15.1 Å². The van der Waals surface area contributed by atoms with Crippen molar-refractivity contribution in [2.75, 3.05) is 23.7 Å². The van der Waals surface area contributed by atoms with Crippen LogP contribution in [0.15, 0.2) is 76.2 Å². The van der Waals surface area contributed by atoms with Crippen molar-refractivity contribution < 1.29 is 22.4 Å². The highest BCUT2D eigenvalue weighted by Gasteiger charge is 2.32. The molecule has 33 heavy (non-hydrogen) atoms. The van der Waals surface area contributed by atoms with E-state index < -0.39 is 15.9 Å². The molecular formula is C23H22ClN3O5S. The lowest BCUT2D eigenvalue weighted by atomic mass is 9.97. The number of piperidine rings is 1. The molecule has 3 aromatic rings. The number of benzene rings is 2. The van der Waals surface area contributed by atoms with Crippen molar-refractivity contribution in [3.63, 3.8) is 0 Å². The summed E-state index contributed by atoms with van der Waals surface area (Å²) in [7, 11) is -3.63. The third kappa shape index (κ3) is 5.44. The van der Waals surface area contributed by atoms with Gasteiger partial charge in [-0.25, -0.2) is 8.42 Å². The minimum absolute atomic E-state index is 0.184. The van der Waals surface area contributed by atoms with Gasteiger partial charge in [-0.2, -0.15) is 4.31 Å². The van der Waals surface area contributed by atoms with E-state index in [1.54, 1.807) is 48.5 Å². The van der Waals surface area contributed by atoms with Crippen LogP contribution in [0.4, 0.5) is 11.4 Å². The highest BCUT2D eigenvalue weighted by Crippen LogP contribution is 2.26. The van der Waals surface area contributed by atoms with Gasteiger partial charge >= 0.3 is 0 Å². The van der Waals surface area contributed by atoms with E-state index in [-0.39, 0.29) is 35.6 Å². The fourth-order valence-electron chi connectivity index (χ4n) is 3.63. The molecule has 8 nitrogen and oxygen atoms in total. The van der Waals surface area contributed by atoms with Gasteiger partial charge in [0.05, 0.1) is 11.2 Å². The summed E-state index contributed by atoms with van der Waals surface area (Å²) in [6.45, 7) is 0.505. The average molecular weight is 488 g/mol. The van der Waals surface area contributed by atoms with E-state index in [4.69, 9.17) is 16.0 Å². The molecule has 2 heterocycles. The number of anilines is 2. The standard InChI is InChI=1S/C23H22ClN3O5S/c24-17-6-8-20(9-7-17)33(30,31)27-12-10-16(11-13-27)22(28)25-18-3-1-4-19(15-18)26-23(29)21-5-2-14-32-21/h1-9,14-16H,10-13H2,(H,25,28)(H,26,29). The van der Waals surface area contributed by atoms with Crippen LogP contribution < -0.4 is 10.6 Å². The number of halogens is 1. The average Bonchev–Trinajstić information content (AvgIpc) is 3.35. The van der Waals surface area contributed by atoms with Crippen molar-refractivity contribution in [1.29, 1.82) is 0 Å². The lowest BCUT2D eigenvalue weighted by molar-refractivity contribution is -0.120. The topological polar surface area (TPSA) is 109 Å². The third-order valence-corrected chi connectivity index (χ3v) is 7.57. The van der Waals surface area contributed by atoms with Gasteiger partial charge in [0, 0.05) is 35.4 Å². The molecule has 1 aromatic heterocycles. The normalized spacial score (nSPS) is 15.2. The van der Waals surface area contributed by atoms with Gasteiger partial charge in [0.2, 0.25) is 15.9 Å². The van der Waals surface area contributed by atoms with E-state index in [2.05, 4.69) is 10.6 Å². The molecule has 0 aliphatic carbocycles. The minimum Gasteiger partial charge on any atom is -0.459 e. The van der Waals surface area contributed by atoms with E-state index in [9.17, 15) is 18.0 Å². The third-order valence-electron chi connectivity index (χ3n) is 5.41. The van der Waals surface area contributed by atoms with E-state index in [1.807, 2.05) is 0 Å². The summed E-state index contributed by atoms with van der Waals surface area (Å²) >= 11 is 5.85. The zero-order valence-electron chi connectivity index (χ0n) is 17.5. The first-order valence-corrected chi connectivity index (χ1v) is 12.2. The van der Waals surface area contributed by atoms with Gasteiger partial charge in [-0.15, -0.1) is 0 Å². The molecule has 0 saturated carbocycles. The Morgan fingerprint density at radius 3 is 2.24 bits per heavy atom. The summed E-state index contributed by atoms with van der Waals surface area (Å²) in [4.78, 5) is 25.1. The highest BCUT2D eigenvalue weighted by atomic mass is 35.5. The summed E-state index contributed by atoms with van der Waals surface area (Å²) in [6, 6.07) is 16.0. The first-order valence-electron chi connectivity index (χ1n) is 10.3. The molecule has 0 bridgehead atoms. The maximum absolute atomic E-state index is 12.8. The molecule has 10 heteroatoms. The molecule has 0 spiro atoms. The first kappa shape index (κ1) is 23.0. The molecule has 0 radical (unpaired) electrons. The van der Waals surface area contributed by atoms with E-state index in [0.717, 1.165) is 0 Å². The Labute approximate surface area is 196 Å². The summed E-state index contributed by atoms with van der Waals surface area (Å²) in [5.74, 6) is -0.710. The number of carbonyl (C=O) groups is 2. The summed E-state index contributed by atoms with van der Waals surface area (Å²) in [5, 5.41) is 6.04. The maximum Gasteiger partial charge on any atom is 0.291 e. The molecule has 2 aromatic carbocycles. The first-order chi connectivity index (χ1) is 15.8. The Morgan fingerprint density at radius 2 is 1.61 bits per heavy atom. The van der Waals surface area contributed by atoms with Crippen molar-refractivity contribution in [3.05, 3.63) is 77.7 Å². The van der Waals surface area contributed by atoms with Crippen LogP contribution in [-0.4, -0.2) is 37.6 Å². The van der Waals surface area contributed by atoms with E-state index in [1.165, 1.54) is 22.7 Å². The molecule has 1 saturated heterocycles. The Kier molecular flexibility index (Phi) is 6.83. The number of hydrogen-bond donors (Lipinski definition) is 2. The van der Waals surface area contributed by atoms with Crippen LogP contribution in [0.1, 0.15) is 23.4 Å². The Bertz CT molecular complexity index is 1240. The molecule has 4 rings (SSSR count). The van der Waals surface area contributed by atoms with Gasteiger partial charge in [0.15, 0.2) is 5.76 Å². The van der Waals surface area contributed by atoms with Crippen LogP contribution in [0.25, 0.3) is 0 Å². The van der Waals surface area contributed by atoms with Gasteiger partial charge in [0.25, 0.3) is 5.91 Å². The number of nitrogens with one attached hydrogen (secondary N) is 2. The fourth-order valence-corrected chi connectivity index (χ4v) is 5.23. The van der Waals surface area contributed by atoms with Crippen LogP contribution in [0.2, 0.25) is 5.02 Å². The van der Waals surface area contributed by atoms with Crippen LogP contribution in [0.5, 0.6) is 0 Å². The minimum atomic E-state index is -3.63. The Balaban J connectivity index is 1.34. The smallest absolute Gasteiger partial charge is 0.291 e. The molecule has 2 amide bonds. The van der Waals surface area contributed by atoms with Crippen molar-refractivity contribution >= 4 is 44.8 Å². The van der Waals surface area contributed by atoms with Gasteiger partial charge in [-0.1, -0.05) is 17.7 Å². The molecule has 0 atom stereocenters. The molecule has 0 unspecified atom stereocenters. The summed E-state index contributed by atoms with van der Waals surface area (Å²) in [5.41, 5.74) is 1.05. The number of rotatable bonds is 6. The SMILES string of the molecule is O=C(Nc1cccc(NC(=O)C2CCN(S(=O)(=O)c3ccc(Cl)cc3)CC2)c1)c1ccco1. The number of amides is 2. The highest BCUT2D eigenvalue weighted by molar-refractivity contribution is 7.89. The molecular weight excluding hydrogens is 466 g/mol. The number of sulfonamides is 1. The van der Waals surface area contributed by atoms with E-state index in [0.29, 0.717) is 29.2 Å². The van der Waals surface area contributed by atoms with E-state index >= 15 is 0 Å². The quantitative estimate of drug-likeness (QED) is 0.541. The molecule has 1 aliphatic rings. The molecule has 1 fully saturated rings. The van der Waals surface area contributed by atoms with Crippen LogP contribution in [0.3, 0.4) is 0 Å². The van der Waals surface area contributed by atoms with Crippen molar-refractivity contribution in [2.45, 2.75) is 17.7 Å². The monoisotopic (exact) mass is 487 g/mol. The molecule has 2 N–H and O–H groups in total. The van der Waals surface area contributed by atoms with Crippen molar-refractivity contribution in [2.24, 2.45) is 5.92 Å². The predicted molar refractivity (Wildman–Crippen MR) is 125 cm³/mol. The van der Waals surface area contributed by atoms with Crippen molar-refractivity contribution in [1.82, 2.24) is 4.31 Å². The Morgan fingerprint density at radius 1 is 0.939 bits per heavy atom. The summed E-state index contributed by atoms with van der Waals surface area (Å²) in [6.07, 6.45) is 2.23. The maximum atomic E-state index is 12.8. The molecule has 172 valence electrons. The van der Waals surface area contributed by atoms with Gasteiger partial charge in [-0.3, -0.25) is 9.59 Å². The van der Waals surface area contributed by atoms with Gasteiger partial charge in [-0.05, 0) is 67.4 Å². The van der Waals surface area contributed by atoms with Crippen LogP contribution in [-0.2, 0) is 14.8 Å². The van der Waals surface area contributed by atoms with Gasteiger partial charge in [0.1, 0.15) is 0 Å². The predicted octanol–water partition coefficient (Wildman–Crippen LogP) is 4.22. The lowest BCUT2D eigenvalue weighted by Crippen LogP contribution is -2.41. The molecule has 1 aliphatic heterocycles. The summed E-state index contributed by atoms with van der Waals surface area (Å²) < 4.78 is 32.1. The second-order valence-electron chi connectivity index (χ2n) is 7.63. The largest absolute Gasteiger partial charge is 0.459 e. The fraction of sp³-hybridized carbons (Fsp3) is 0.217. The zero-order chi connectivity index (χ0) is 23.4.